The zero-order valence-electron chi connectivity index (χ0n) is 15.2. The summed E-state index contributed by atoms with van der Waals surface area (Å²) in [4.78, 5) is 17.8. The van der Waals surface area contributed by atoms with E-state index in [4.69, 9.17) is 0 Å². The van der Waals surface area contributed by atoms with E-state index in [2.05, 4.69) is 10.3 Å². The number of nitrogens with one attached hydrogen (secondary N) is 1. The third-order valence-corrected chi connectivity index (χ3v) is 7.77. The maximum atomic E-state index is 14.1. The highest BCUT2D eigenvalue weighted by atomic mass is 32.1. The first kappa shape index (κ1) is 17.3. The molecule has 142 valence electrons. The number of hydrogen-bond donors (Lipinski definition) is 1. The van der Waals surface area contributed by atoms with Crippen molar-refractivity contribution in [3.63, 3.8) is 0 Å². The summed E-state index contributed by atoms with van der Waals surface area (Å²) in [5, 5.41) is 3.54. The number of aryl methyl sites for hydroxylation is 1. The fourth-order valence-corrected chi connectivity index (χ4v) is 6.99. The summed E-state index contributed by atoms with van der Waals surface area (Å²) in [6.07, 6.45) is 7.13. The van der Waals surface area contributed by atoms with Gasteiger partial charge in [0.25, 0.3) is 5.91 Å². The van der Waals surface area contributed by atoms with Crippen LogP contribution in [0.4, 0.5) is 8.78 Å². The van der Waals surface area contributed by atoms with Crippen molar-refractivity contribution in [2.45, 2.75) is 51.0 Å². The van der Waals surface area contributed by atoms with Gasteiger partial charge in [0.1, 0.15) is 21.5 Å². The van der Waals surface area contributed by atoms with Crippen molar-refractivity contribution in [3.8, 4) is 10.6 Å². The minimum absolute atomic E-state index is 0.0916. The number of halogens is 2. The predicted molar refractivity (Wildman–Crippen MR) is 101 cm³/mol. The highest BCUT2D eigenvalue weighted by molar-refractivity contribution is 7.17. The van der Waals surface area contributed by atoms with Crippen LogP contribution in [0, 0.1) is 36.3 Å². The van der Waals surface area contributed by atoms with Crippen molar-refractivity contribution in [2.75, 3.05) is 0 Å². The molecule has 4 bridgehead atoms. The van der Waals surface area contributed by atoms with Gasteiger partial charge in [0.15, 0.2) is 0 Å². The average Bonchev–Trinajstić information content (AvgIpc) is 2.94. The molecule has 4 fully saturated rings. The molecule has 1 aromatic carbocycles. The molecule has 0 spiro atoms. The number of carbonyl (C=O) groups is 1. The van der Waals surface area contributed by atoms with Crippen molar-refractivity contribution in [1.29, 1.82) is 0 Å². The van der Waals surface area contributed by atoms with Crippen LogP contribution in [0.1, 0.15) is 53.9 Å². The van der Waals surface area contributed by atoms with E-state index < -0.39 is 11.6 Å². The highest BCUT2D eigenvalue weighted by Crippen LogP contribution is 2.55. The van der Waals surface area contributed by atoms with Crippen molar-refractivity contribution >= 4 is 17.2 Å². The lowest BCUT2D eigenvalue weighted by Crippen LogP contribution is -2.59. The lowest BCUT2D eigenvalue weighted by molar-refractivity contribution is -0.0166. The molecule has 1 aromatic heterocycles. The monoisotopic (exact) mass is 388 g/mol. The molecule has 0 saturated heterocycles. The first-order chi connectivity index (χ1) is 12.9. The fraction of sp³-hybridized carbons (Fsp3) is 0.524. The van der Waals surface area contributed by atoms with Gasteiger partial charge >= 0.3 is 0 Å². The fourth-order valence-electron chi connectivity index (χ4n) is 5.98. The Kier molecular flexibility index (Phi) is 3.90. The molecule has 6 rings (SSSR count). The first-order valence-electron chi connectivity index (χ1n) is 9.67. The normalized spacial score (nSPS) is 31.3. The number of thiazole rings is 1. The molecular formula is C21H22F2N2OS. The molecule has 2 aromatic rings. The van der Waals surface area contributed by atoms with Gasteiger partial charge in [-0.1, -0.05) is 6.07 Å². The van der Waals surface area contributed by atoms with Crippen molar-refractivity contribution in [1.82, 2.24) is 10.3 Å². The van der Waals surface area contributed by atoms with Gasteiger partial charge < -0.3 is 5.32 Å². The molecule has 1 heterocycles. The zero-order chi connectivity index (χ0) is 18.8. The molecule has 1 amide bonds. The number of amides is 1. The summed E-state index contributed by atoms with van der Waals surface area (Å²) < 4.78 is 28.2. The maximum absolute atomic E-state index is 14.1. The summed E-state index contributed by atoms with van der Waals surface area (Å²) >= 11 is 1.07. The third kappa shape index (κ3) is 2.89. The van der Waals surface area contributed by atoms with Gasteiger partial charge in [-0.15, -0.1) is 11.3 Å². The van der Waals surface area contributed by atoms with Gasteiger partial charge in [0, 0.05) is 5.54 Å². The maximum Gasteiger partial charge on any atom is 0.263 e. The molecule has 6 heteroatoms. The van der Waals surface area contributed by atoms with Crippen LogP contribution >= 0.6 is 11.3 Å². The van der Waals surface area contributed by atoms with Gasteiger partial charge in [0.2, 0.25) is 0 Å². The van der Waals surface area contributed by atoms with Crippen molar-refractivity contribution in [3.05, 3.63) is 40.4 Å². The Morgan fingerprint density at radius 2 is 1.67 bits per heavy atom. The second-order valence-electron chi connectivity index (χ2n) is 8.68. The quantitative estimate of drug-likeness (QED) is 0.795. The Morgan fingerprint density at radius 1 is 1.11 bits per heavy atom. The molecule has 3 nitrogen and oxygen atoms in total. The minimum atomic E-state index is -0.656. The van der Waals surface area contributed by atoms with E-state index in [9.17, 15) is 13.6 Å². The summed E-state index contributed by atoms with van der Waals surface area (Å²) in [7, 11) is 0. The first-order valence-corrected chi connectivity index (χ1v) is 10.5. The summed E-state index contributed by atoms with van der Waals surface area (Å²) in [5.74, 6) is 0.759. The van der Waals surface area contributed by atoms with E-state index in [1.54, 1.807) is 6.92 Å². The molecule has 0 atom stereocenters. The van der Waals surface area contributed by atoms with Crippen molar-refractivity contribution < 1.29 is 13.6 Å². The van der Waals surface area contributed by atoms with Crippen LogP contribution in [0.2, 0.25) is 0 Å². The molecule has 0 aliphatic heterocycles. The van der Waals surface area contributed by atoms with Crippen LogP contribution < -0.4 is 5.32 Å². The lowest BCUT2D eigenvalue weighted by Gasteiger charge is -2.56. The van der Waals surface area contributed by atoms with E-state index in [-0.39, 0.29) is 22.0 Å². The van der Waals surface area contributed by atoms with Crippen LogP contribution in [-0.2, 0) is 0 Å². The van der Waals surface area contributed by atoms with E-state index >= 15 is 0 Å². The number of hydrogen-bond acceptors (Lipinski definition) is 3. The molecule has 27 heavy (non-hydrogen) atoms. The summed E-state index contributed by atoms with van der Waals surface area (Å²) in [6.45, 7) is 1.73. The Labute approximate surface area is 161 Å². The van der Waals surface area contributed by atoms with E-state index in [1.807, 2.05) is 0 Å². The van der Waals surface area contributed by atoms with Gasteiger partial charge in [0.05, 0.1) is 11.3 Å². The standard InChI is InChI=1S/C21H22F2N2OS/c1-11-18(27-20(24-11)17-15(22)3-2-4-16(17)23)19(26)25-21-8-12-5-13(9-21)7-14(6-12)10-21/h2-4,12-14H,5-10H2,1H3,(H,25,26). The molecule has 0 unspecified atom stereocenters. The van der Waals surface area contributed by atoms with E-state index in [0.29, 0.717) is 10.6 Å². The number of aromatic nitrogens is 1. The minimum Gasteiger partial charge on any atom is -0.346 e. The molecule has 1 N–H and O–H groups in total. The van der Waals surface area contributed by atoms with Crippen LogP contribution in [0.25, 0.3) is 10.6 Å². The predicted octanol–water partition coefficient (Wildman–Crippen LogP) is 5.10. The summed E-state index contributed by atoms with van der Waals surface area (Å²) in [6, 6.07) is 3.75. The van der Waals surface area contributed by atoms with Gasteiger partial charge in [-0.05, 0) is 75.3 Å². The second kappa shape index (κ2) is 6.09. The topological polar surface area (TPSA) is 42.0 Å². The number of nitrogens with zero attached hydrogens (tertiary/aromatic N) is 1. The Hall–Kier alpha value is -1.82. The van der Waals surface area contributed by atoms with Gasteiger partial charge in [-0.2, -0.15) is 0 Å². The average molecular weight is 388 g/mol. The lowest BCUT2D eigenvalue weighted by atomic mass is 9.53. The highest BCUT2D eigenvalue weighted by Gasteiger charge is 2.51. The smallest absolute Gasteiger partial charge is 0.263 e. The van der Waals surface area contributed by atoms with Gasteiger partial charge in [-0.25, -0.2) is 13.8 Å². The zero-order valence-corrected chi connectivity index (χ0v) is 16.0. The largest absolute Gasteiger partial charge is 0.346 e. The van der Waals surface area contributed by atoms with Gasteiger partial charge in [-0.3, -0.25) is 4.79 Å². The molecule has 4 aliphatic rings. The molecule has 4 saturated carbocycles. The van der Waals surface area contributed by atoms with Crippen molar-refractivity contribution in [2.24, 2.45) is 17.8 Å². The Balaban J connectivity index is 1.42. The molecular weight excluding hydrogens is 366 g/mol. The number of benzene rings is 1. The summed E-state index contributed by atoms with van der Waals surface area (Å²) in [5.41, 5.74) is 0.283. The number of carbonyl (C=O) groups excluding carboxylic acids is 1. The molecule has 4 aliphatic carbocycles. The van der Waals surface area contributed by atoms with E-state index in [1.165, 1.54) is 37.5 Å². The van der Waals surface area contributed by atoms with Crippen LogP contribution in [0.15, 0.2) is 18.2 Å². The Morgan fingerprint density at radius 3 is 2.22 bits per heavy atom. The van der Waals surface area contributed by atoms with Crippen LogP contribution in [0.5, 0.6) is 0 Å². The molecule has 0 radical (unpaired) electrons. The van der Waals surface area contributed by atoms with E-state index in [0.717, 1.165) is 48.4 Å². The Bertz CT molecular complexity index is 867. The van der Waals surface area contributed by atoms with Crippen LogP contribution in [0.3, 0.4) is 0 Å². The second-order valence-corrected chi connectivity index (χ2v) is 9.68. The third-order valence-electron chi connectivity index (χ3n) is 6.60. The van der Waals surface area contributed by atoms with Crippen LogP contribution in [-0.4, -0.2) is 16.4 Å². The SMILES string of the molecule is Cc1nc(-c2c(F)cccc2F)sc1C(=O)NC12CC3CC(CC(C3)C1)C2. The number of rotatable bonds is 3.